The maximum Gasteiger partial charge on any atom is 0.307 e. The van der Waals surface area contributed by atoms with Crippen LogP contribution in [0, 0.1) is 11.8 Å². The number of aromatic hydroxyl groups is 3. The number of carboxylic acids is 1. The molecule has 1 rings (SSSR count). The molecule has 6 nitrogen and oxygen atoms in total. The zero-order chi connectivity index (χ0) is 14.6. The van der Waals surface area contributed by atoms with Crippen LogP contribution in [0.25, 0.3) is 0 Å². The molecule has 6 N–H and O–H groups in total. The Morgan fingerprint density at radius 1 is 1.26 bits per heavy atom. The lowest BCUT2D eigenvalue weighted by molar-refractivity contribution is -0.141. The van der Waals surface area contributed by atoms with Crippen LogP contribution in [-0.2, 0) is 11.2 Å². The van der Waals surface area contributed by atoms with Crippen molar-refractivity contribution in [3.8, 4) is 17.2 Å². The molecular weight excluding hydrogens is 250 g/mol. The molecule has 0 bridgehead atoms. The van der Waals surface area contributed by atoms with Crippen molar-refractivity contribution in [2.75, 3.05) is 6.54 Å². The normalized spacial score (nSPS) is 14.0. The molecule has 0 saturated heterocycles. The van der Waals surface area contributed by atoms with Gasteiger partial charge in [-0.05, 0) is 30.9 Å². The summed E-state index contributed by atoms with van der Waals surface area (Å²) in [5.74, 6) is -2.53. The second-order valence-corrected chi connectivity index (χ2v) is 4.75. The highest BCUT2D eigenvalue weighted by Crippen LogP contribution is 2.37. The summed E-state index contributed by atoms with van der Waals surface area (Å²) in [7, 11) is 0. The largest absolute Gasteiger partial charge is 0.508 e. The van der Waals surface area contributed by atoms with Crippen LogP contribution < -0.4 is 5.73 Å². The summed E-state index contributed by atoms with van der Waals surface area (Å²) in [6, 6.07) is 2.48. The van der Waals surface area contributed by atoms with Crippen molar-refractivity contribution < 1.29 is 25.2 Å². The number of phenols is 3. The second-order valence-electron chi connectivity index (χ2n) is 4.75. The third kappa shape index (κ3) is 3.75. The number of carbonyl (C=O) groups is 1. The lowest BCUT2D eigenvalue weighted by Gasteiger charge is -2.17. The molecule has 1 aromatic rings. The van der Waals surface area contributed by atoms with Crippen LogP contribution >= 0.6 is 0 Å². The molecule has 0 aromatic heterocycles. The molecule has 0 amide bonds. The Kier molecular flexibility index (Phi) is 5.00. The number of hydrogen-bond acceptors (Lipinski definition) is 5. The fourth-order valence-electron chi connectivity index (χ4n) is 2.03. The molecule has 0 fully saturated rings. The Balaban J connectivity index is 2.80. The van der Waals surface area contributed by atoms with Gasteiger partial charge < -0.3 is 26.2 Å². The van der Waals surface area contributed by atoms with E-state index in [-0.39, 0.29) is 41.7 Å². The minimum absolute atomic E-state index is 0.0394. The van der Waals surface area contributed by atoms with Crippen molar-refractivity contribution in [1.29, 1.82) is 0 Å². The van der Waals surface area contributed by atoms with Gasteiger partial charge in [-0.1, -0.05) is 6.92 Å². The molecule has 2 unspecified atom stereocenters. The van der Waals surface area contributed by atoms with Gasteiger partial charge in [-0.2, -0.15) is 0 Å². The maximum absolute atomic E-state index is 10.9. The van der Waals surface area contributed by atoms with Crippen molar-refractivity contribution in [3.63, 3.8) is 0 Å². The number of nitrogens with two attached hydrogens (primary N) is 1. The molecule has 6 heteroatoms. The van der Waals surface area contributed by atoms with Crippen molar-refractivity contribution >= 4 is 5.97 Å². The van der Waals surface area contributed by atoms with E-state index >= 15 is 0 Å². The highest BCUT2D eigenvalue weighted by molar-refractivity contribution is 5.70. The first-order valence-corrected chi connectivity index (χ1v) is 6.02. The van der Waals surface area contributed by atoms with Crippen LogP contribution in [0.2, 0.25) is 0 Å². The first-order valence-electron chi connectivity index (χ1n) is 6.02. The van der Waals surface area contributed by atoms with Crippen LogP contribution in [0.15, 0.2) is 12.1 Å². The number of hydrogen-bond donors (Lipinski definition) is 5. The minimum atomic E-state index is -0.960. The predicted octanol–water partition coefficient (Wildman–Crippen LogP) is 1.03. The topological polar surface area (TPSA) is 124 Å². The summed E-state index contributed by atoms with van der Waals surface area (Å²) in [5.41, 5.74) is 5.60. The molecule has 106 valence electrons. The van der Waals surface area contributed by atoms with Gasteiger partial charge >= 0.3 is 5.97 Å². The summed E-state index contributed by atoms with van der Waals surface area (Å²) in [5, 5.41) is 37.6. The maximum atomic E-state index is 10.9. The Bertz CT molecular complexity index is 461. The fraction of sp³-hybridized carbons (Fsp3) is 0.462. The Labute approximate surface area is 111 Å². The average Bonchev–Trinajstić information content (AvgIpc) is 2.36. The molecule has 0 aliphatic carbocycles. The monoisotopic (exact) mass is 269 g/mol. The van der Waals surface area contributed by atoms with Gasteiger partial charge in [0.05, 0.1) is 5.92 Å². The number of benzene rings is 1. The van der Waals surface area contributed by atoms with Gasteiger partial charge in [-0.15, -0.1) is 0 Å². The number of rotatable bonds is 6. The first kappa shape index (κ1) is 15.1. The quantitative estimate of drug-likeness (QED) is 0.388. The van der Waals surface area contributed by atoms with Gasteiger partial charge in [-0.3, -0.25) is 4.79 Å². The van der Waals surface area contributed by atoms with Crippen molar-refractivity contribution in [3.05, 3.63) is 17.7 Å². The number of phenolic OH excluding ortho intramolecular Hbond substituents is 3. The Hall–Kier alpha value is -1.95. The van der Waals surface area contributed by atoms with E-state index in [0.29, 0.717) is 6.42 Å². The van der Waals surface area contributed by atoms with E-state index in [1.165, 1.54) is 12.1 Å². The SMILES string of the molecule is CC(Cc1c(O)ccc(O)c1O)CC(CN)C(=O)O. The second kappa shape index (κ2) is 6.29. The summed E-state index contributed by atoms with van der Waals surface area (Å²) in [6.07, 6.45) is 0.593. The van der Waals surface area contributed by atoms with E-state index in [1.54, 1.807) is 6.92 Å². The molecule has 0 radical (unpaired) electrons. The summed E-state index contributed by atoms with van der Waals surface area (Å²) < 4.78 is 0. The van der Waals surface area contributed by atoms with Gasteiger partial charge in [0.2, 0.25) is 0 Å². The first-order chi connectivity index (χ1) is 8.86. The minimum Gasteiger partial charge on any atom is -0.508 e. The third-order valence-electron chi connectivity index (χ3n) is 3.11. The van der Waals surface area contributed by atoms with E-state index in [2.05, 4.69) is 0 Å². The van der Waals surface area contributed by atoms with Gasteiger partial charge in [0, 0.05) is 12.1 Å². The summed E-state index contributed by atoms with van der Waals surface area (Å²) >= 11 is 0. The number of aliphatic carboxylic acids is 1. The lowest BCUT2D eigenvalue weighted by atomic mass is 9.90. The van der Waals surface area contributed by atoms with Gasteiger partial charge in [-0.25, -0.2) is 0 Å². The molecule has 0 aliphatic heterocycles. The van der Waals surface area contributed by atoms with Gasteiger partial charge in [0.15, 0.2) is 11.5 Å². The van der Waals surface area contributed by atoms with Crippen LogP contribution in [-0.4, -0.2) is 32.9 Å². The molecule has 0 heterocycles. The molecular formula is C13H19NO5. The predicted molar refractivity (Wildman–Crippen MR) is 69.1 cm³/mol. The molecule has 1 aromatic carbocycles. The van der Waals surface area contributed by atoms with Crippen LogP contribution in [0.4, 0.5) is 0 Å². The van der Waals surface area contributed by atoms with E-state index in [1.807, 2.05) is 0 Å². The van der Waals surface area contributed by atoms with Gasteiger partial charge in [0.1, 0.15) is 5.75 Å². The smallest absolute Gasteiger partial charge is 0.307 e. The Morgan fingerprint density at radius 2 is 1.84 bits per heavy atom. The summed E-state index contributed by atoms with van der Waals surface area (Å²) in [4.78, 5) is 10.9. The van der Waals surface area contributed by atoms with Crippen LogP contribution in [0.1, 0.15) is 18.9 Å². The number of carboxylic acid groups (broad SMARTS) is 1. The summed E-state index contributed by atoms with van der Waals surface area (Å²) in [6.45, 7) is 1.84. The molecule has 19 heavy (non-hydrogen) atoms. The fourth-order valence-corrected chi connectivity index (χ4v) is 2.03. The average molecular weight is 269 g/mol. The molecule has 0 spiro atoms. The van der Waals surface area contributed by atoms with Gasteiger partial charge in [0.25, 0.3) is 0 Å². The van der Waals surface area contributed by atoms with E-state index in [0.717, 1.165) is 0 Å². The zero-order valence-electron chi connectivity index (χ0n) is 10.7. The van der Waals surface area contributed by atoms with Crippen LogP contribution in [0.3, 0.4) is 0 Å². The Morgan fingerprint density at radius 3 is 2.37 bits per heavy atom. The lowest BCUT2D eigenvalue weighted by Crippen LogP contribution is -2.25. The third-order valence-corrected chi connectivity index (χ3v) is 3.11. The highest BCUT2D eigenvalue weighted by Gasteiger charge is 2.21. The van der Waals surface area contributed by atoms with Crippen molar-refractivity contribution in [2.24, 2.45) is 17.6 Å². The van der Waals surface area contributed by atoms with E-state index in [4.69, 9.17) is 10.8 Å². The van der Waals surface area contributed by atoms with Crippen molar-refractivity contribution in [1.82, 2.24) is 0 Å². The zero-order valence-corrected chi connectivity index (χ0v) is 10.7. The van der Waals surface area contributed by atoms with Crippen molar-refractivity contribution in [2.45, 2.75) is 19.8 Å². The van der Waals surface area contributed by atoms with Crippen LogP contribution in [0.5, 0.6) is 17.2 Å². The molecule has 0 aliphatic rings. The highest BCUT2D eigenvalue weighted by atomic mass is 16.4. The van der Waals surface area contributed by atoms with E-state index < -0.39 is 11.9 Å². The molecule has 2 atom stereocenters. The standard InChI is InChI=1S/C13H19NO5/c1-7(4-8(6-14)13(18)19)5-9-10(15)2-3-11(16)12(9)17/h2-3,7-8,15-17H,4-6,14H2,1H3,(H,18,19). The molecule has 0 saturated carbocycles. The van der Waals surface area contributed by atoms with E-state index in [9.17, 15) is 20.1 Å².